The number of aryl methyl sites for hydroxylation is 1. The number of aromatic nitrogens is 4. The molecule has 0 saturated heterocycles. The fraction of sp³-hybridized carbons (Fsp3) is 0.444. The van der Waals surface area contributed by atoms with Crippen LogP contribution in [0.5, 0.6) is 0 Å². The Morgan fingerprint density at radius 1 is 1.62 bits per heavy atom. The molecule has 7 nitrogen and oxygen atoms in total. The monoisotopic (exact) mass is 223 g/mol. The van der Waals surface area contributed by atoms with Crippen molar-refractivity contribution in [2.75, 3.05) is 7.11 Å². The van der Waals surface area contributed by atoms with E-state index in [1.54, 1.807) is 18.0 Å². The zero-order valence-electron chi connectivity index (χ0n) is 9.12. The molecule has 0 bridgehead atoms. The van der Waals surface area contributed by atoms with Crippen molar-refractivity contribution in [3.8, 4) is 0 Å². The van der Waals surface area contributed by atoms with Crippen LogP contribution in [0.1, 0.15) is 23.3 Å². The summed E-state index contributed by atoms with van der Waals surface area (Å²) in [6.07, 6.45) is 3.48. The van der Waals surface area contributed by atoms with Crippen LogP contribution in [-0.4, -0.2) is 27.0 Å². The van der Waals surface area contributed by atoms with Crippen LogP contribution in [0, 0.1) is 0 Å². The lowest BCUT2D eigenvalue weighted by Gasteiger charge is -2.01. The van der Waals surface area contributed by atoms with Gasteiger partial charge in [0.05, 0.1) is 6.20 Å². The summed E-state index contributed by atoms with van der Waals surface area (Å²) < 4.78 is 11.6. The maximum absolute atomic E-state index is 5.95. The Morgan fingerprint density at radius 3 is 3.06 bits per heavy atom. The first-order chi connectivity index (χ1) is 7.70. The van der Waals surface area contributed by atoms with Crippen molar-refractivity contribution in [1.29, 1.82) is 0 Å². The van der Waals surface area contributed by atoms with Gasteiger partial charge in [0.1, 0.15) is 12.6 Å². The lowest BCUT2D eigenvalue weighted by Crippen LogP contribution is -2.11. The molecule has 0 aliphatic heterocycles. The molecule has 7 heteroatoms. The third-order valence-corrected chi connectivity index (χ3v) is 2.11. The van der Waals surface area contributed by atoms with Crippen LogP contribution in [0.15, 0.2) is 16.9 Å². The second kappa shape index (κ2) is 4.42. The van der Waals surface area contributed by atoms with E-state index in [9.17, 15) is 0 Å². The van der Waals surface area contributed by atoms with E-state index in [4.69, 9.17) is 15.0 Å². The number of nitrogens with zero attached hydrogens (tertiary/aromatic N) is 4. The van der Waals surface area contributed by atoms with Gasteiger partial charge in [-0.05, 0) is 0 Å². The number of methoxy groups -OCH3 is 1. The van der Waals surface area contributed by atoms with Crippen LogP contribution in [0.3, 0.4) is 0 Å². The van der Waals surface area contributed by atoms with Gasteiger partial charge in [-0.3, -0.25) is 4.68 Å². The number of nitrogens with two attached hydrogens (primary N) is 1. The fourth-order valence-corrected chi connectivity index (χ4v) is 1.32. The molecule has 2 aromatic rings. The van der Waals surface area contributed by atoms with Gasteiger partial charge < -0.3 is 15.0 Å². The van der Waals surface area contributed by atoms with E-state index in [0.29, 0.717) is 18.3 Å². The smallest absolute Gasteiger partial charge is 0.248 e. The van der Waals surface area contributed by atoms with Gasteiger partial charge in [-0.15, -0.1) is 0 Å². The molecule has 0 saturated carbocycles. The quantitative estimate of drug-likeness (QED) is 0.784. The standard InChI is InChI=1S/C9H13N5O2/c1-14-4-6(3-11-14)8(10)9-12-7(5-15-2)13-16-9/h3-4,8H,5,10H2,1-2H3. The number of rotatable bonds is 4. The van der Waals surface area contributed by atoms with E-state index in [2.05, 4.69) is 15.2 Å². The third kappa shape index (κ3) is 2.10. The minimum atomic E-state index is -0.452. The van der Waals surface area contributed by atoms with Crippen molar-refractivity contribution >= 4 is 0 Å². The Balaban J connectivity index is 2.17. The Bertz CT molecular complexity index is 464. The minimum absolute atomic E-state index is 0.309. The number of ether oxygens (including phenoxy) is 1. The molecule has 0 aliphatic carbocycles. The van der Waals surface area contributed by atoms with Crippen LogP contribution < -0.4 is 5.73 Å². The van der Waals surface area contributed by atoms with E-state index in [0.717, 1.165) is 5.56 Å². The van der Waals surface area contributed by atoms with Gasteiger partial charge in [0.25, 0.3) is 0 Å². The Hall–Kier alpha value is -1.73. The average Bonchev–Trinajstić information content (AvgIpc) is 2.87. The molecule has 2 rings (SSSR count). The molecule has 0 aromatic carbocycles. The zero-order valence-corrected chi connectivity index (χ0v) is 9.12. The van der Waals surface area contributed by atoms with Gasteiger partial charge in [-0.1, -0.05) is 5.16 Å². The van der Waals surface area contributed by atoms with E-state index in [1.165, 1.54) is 0 Å². The van der Waals surface area contributed by atoms with Crippen molar-refractivity contribution in [2.24, 2.45) is 12.8 Å². The highest BCUT2D eigenvalue weighted by Crippen LogP contribution is 2.16. The highest BCUT2D eigenvalue weighted by molar-refractivity contribution is 5.16. The van der Waals surface area contributed by atoms with Crippen LogP contribution in [0.4, 0.5) is 0 Å². The maximum atomic E-state index is 5.95. The van der Waals surface area contributed by atoms with E-state index >= 15 is 0 Å². The first-order valence-electron chi connectivity index (χ1n) is 4.76. The zero-order chi connectivity index (χ0) is 11.5. The topological polar surface area (TPSA) is 92.0 Å². The van der Waals surface area contributed by atoms with Crippen LogP contribution in [0.25, 0.3) is 0 Å². The predicted octanol–water partition coefficient (Wildman–Crippen LogP) is -0.00240. The summed E-state index contributed by atoms with van der Waals surface area (Å²) in [5.41, 5.74) is 6.78. The second-order valence-corrected chi connectivity index (χ2v) is 3.41. The van der Waals surface area contributed by atoms with Gasteiger partial charge >= 0.3 is 0 Å². The maximum Gasteiger partial charge on any atom is 0.248 e. The van der Waals surface area contributed by atoms with Crippen LogP contribution in [-0.2, 0) is 18.4 Å². The molecular weight excluding hydrogens is 210 g/mol. The number of hydrogen-bond acceptors (Lipinski definition) is 6. The molecule has 0 radical (unpaired) electrons. The van der Waals surface area contributed by atoms with Crippen molar-refractivity contribution in [3.05, 3.63) is 29.7 Å². The number of hydrogen-bond donors (Lipinski definition) is 1. The average molecular weight is 223 g/mol. The van der Waals surface area contributed by atoms with Gasteiger partial charge in [-0.25, -0.2) is 0 Å². The summed E-state index contributed by atoms with van der Waals surface area (Å²) in [5.74, 6) is 0.844. The summed E-state index contributed by atoms with van der Waals surface area (Å²) in [4.78, 5) is 4.12. The molecule has 0 spiro atoms. The Morgan fingerprint density at radius 2 is 2.44 bits per heavy atom. The summed E-state index contributed by atoms with van der Waals surface area (Å²) >= 11 is 0. The molecule has 16 heavy (non-hydrogen) atoms. The lowest BCUT2D eigenvalue weighted by atomic mass is 10.2. The molecule has 1 atom stereocenters. The molecule has 86 valence electrons. The normalized spacial score (nSPS) is 12.9. The predicted molar refractivity (Wildman–Crippen MR) is 54.2 cm³/mol. The molecule has 1 unspecified atom stereocenters. The van der Waals surface area contributed by atoms with E-state index in [-0.39, 0.29) is 0 Å². The SMILES string of the molecule is COCc1noc(C(N)c2cnn(C)c2)n1. The van der Waals surface area contributed by atoms with Gasteiger partial charge in [-0.2, -0.15) is 10.1 Å². The van der Waals surface area contributed by atoms with Crippen LogP contribution in [0.2, 0.25) is 0 Å². The lowest BCUT2D eigenvalue weighted by molar-refractivity contribution is 0.174. The summed E-state index contributed by atoms with van der Waals surface area (Å²) in [5, 5.41) is 7.77. The van der Waals surface area contributed by atoms with Crippen molar-refractivity contribution in [1.82, 2.24) is 19.9 Å². The second-order valence-electron chi connectivity index (χ2n) is 3.41. The van der Waals surface area contributed by atoms with Crippen molar-refractivity contribution in [3.63, 3.8) is 0 Å². The first kappa shape index (κ1) is 10.8. The fourth-order valence-electron chi connectivity index (χ4n) is 1.32. The first-order valence-corrected chi connectivity index (χ1v) is 4.76. The third-order valence-electron chi connectivity index (χ3n) is 2.11. The Kier molecular flexibility index (Phi) is 2.97. The summed E-state index contributed by atoms with van der Waals surface area (Å²) in [6, 6.07) is -0.452. The molecule has 0 fully saturated rings. The molecule has 2 heterocycles. The molecular formula is C9H13N5O2. The van der Waals surface area contributed by atoms with Crippen LogP contribution >= 0.6 is 0 Å². The van der Waals surface area contributed by atoms with E-state index < -0.39 is 6.04 Å². The Labute approximate surface area is 92.2 Å². The molecule has 0 amide bonds. The highest BCUT2D eigenvalue weighted by atomic mass is 16.5. The molecule has 0 aliphatic rings. The van der Waals surface area contributed by atoms with Gasteiger partial charge in [0.2, 0.25) is 5.89 Å². The molecule has 2 aromatic heterocycles. The highest BCUT2D eigenvalue weighted by Gasteiger charge is 2.17. The van der Waals surface area contributed by atoms with E-state index in [1.807, 2.05) is 13.2 Å². The van der Waals surface area contributed by atoms with Gasteiger partial charge in [0, 0.05) is 25.9 Å². The van der Waals surface area contributed by atoms with Gasteiger partial charge in [0.15, 0.2) is 5.82 Å². The van der Waals surface area contributed by atoms with Crippen molar-refractivity contribution in [2.45, 2.75) is 12.6 Å². The molecule has 2 N–H and O–H groups in total. The summed E-state index contributed by atoms with van der Waals surface area (Å²) in [6.45, 7) is 0.309. The summed E-state index contributed by atoms with van der Waals surface area (Å²) in [7, 11) is 3.39. The largest absolute Gasteiger partial charge is 0.377 e. The van der Waals surface area contributed by atoms with Crippen molar-refractivity contribution < 1.29 is 9.26 Å². The minimum Gasteiger partial charge on any atom is -0.377 e.